The first-order chi connectivity index (χ1) is 9.88. The van der Waals surface area contributed by atoms with E-state index in [0.717, 1.165) is 5.56 Å². The van der Waals surface area contributed by atoms with Gasteiger partial charge in [0.25, 0.3) is 0 Å². The van der Waals surface area contributed by atoms with Crippen molar-refractivity contribution in [3.8, 4) is 0 Å². The van der Waals surface area contributed by atoms with Crippen molar-refractivity contribution in [1.82, 2.24) is 14.8 Å². The highest BCUT2D eigenvalue weighted by molar-refractivity contribution is 7.99. The molecular formula is C14H18N4O2S. The molecule has 0 radical (unpaired) electrons. The monoisotopic (exact) mass is 306 g/mol. The Morgan fingerprint density at radius 3 is 2.71 bits per heavy atom. The van der Waals surface area contributed by atoms with Crippen LogP contribution >= 0.6 is 11.8 Å². The lowest BCUT2D eigenvalue weighted by atomic mass is 10.0. The molecule has 1 unspecified atom stereocenters. The van der Waals surface area contributed by atoms with E-state index in [9.17, 15) is 9.59 Å². The van der Waals surface area contributed by atoms with Crippen molar-refractivity contribution >= 4 is 11.8 Å². The number of rotatable bonds is 4. The summed E-state index contributed by atoms with van der Waals surface area (Å²) in [6.45, 7) is 4.10. The number of aryl methyl sites for hydroxylation is 3. The molecule has 0 saturated carbocycles. The third-order valence-electron chi connectivity index (χ3n) is 3.30. The van der Waals surface area contributed by atoms with E-state index in [0.29, 0.717) is 10.9 Å². The fraction of sp³-hybridized carbons (Fsp3) is 0.357. The largest absolute Gasteiger partial charge is 0.339 e. The summed E-state index contributed by atoms with van der Waals surface area (Å²) in [7, 11) is 1.64. The SMILES string of the molecule is Cc1ccc(C(N)CSc2nc(=O)c(=O)[nH]n2C)cc1C. The molecule has 2 rings (SSSR count). The molecular weight excluding hydrogens is 288 g/mol. The standard InChI is InChI=1S/C14H18N4O2S/c1-8-4-5-10(6-9(8)2)11(15)7-21-14-16-12(19)13(20)17-18(14)3/h4-6,11H,7,15H2,1-3H3,(H,17,20). The van der Waals surface area contributed by atoms with E-state index in [1.807, 2.05) is 19.1 Å². The van der Waals surface area contributed by atoms with E-state index in [1.54, 1.807) is 7.05 Å². The van der Waals surface area contributed by atoms with Crippen LogP contribution in [0.5, 0.6) is 0 Å². The average Bonchev–Trinajstić information content (AvgIpc) is 2.44. The molecule has 7 heteroatoms. The second kappa shape index (κ2) is 6.28. The third kappa shape index (κ3) is 3.62. The molecule has 0 aliphatic carbocycles. The summed E-state index contributed by atoms with van der Waals surface area (Å²) in [6, 6.07) is 5.95. The Kier molecular flexibility index (Phi) is 4.64. The fourth-order valence-corrected chi connectivity index (χ4v) is 2.75. The van der Waals surface area contributed by atoms with Crippen molar-refractivity contribution in [2.75, 3.05) is 5.75 Å². The number of H-pyrrole nitrogens is 1. The molecule has 0 fully saturated rings. The highest BCUT2D eigenvalue weighted by atomic mass is 32.2. The lowest BCUT2D eigenvalue weighted by Crippen LogP contribution is -2.34. The van der Waals surface area contributed by atoms with Crippen LogP contribution in [0, 0.1) is 13.8 Å². The van der Waals surface area contributed by atoms with Gasteiger partial charge in [0.15, 0.2) is 5.16 Å². The summed E-state index contributed by atoms with van der Waals surface area (Å²) in [5.41, 5.74) is 8.13. The van der Waals surface area contributed by atoms with Gasteiger partial charge in [-0.3, -0.25) is 19.4 Å². The number of benzene rings is 1. The number of nitrogens with two attached hydrogens (primary N) is 1. The van der Waals surface area contributed by atoms with Gasteiger partial charge in [0, 0.05) is 18.8 Å². The van der Waals surface area contributed by atoms with Crippen LogP contribution < -0.4 is 16.9 Å². The van der Waals surface area contributed by atoms with Crippen LogP contribution in [-0.2, 0) is 7.05 Å². The minimum absolute atomic E-state index is 0.168. The van der Waals surface area contributed by atoms with Gasteiger partial charge >= 0.3 is 11.1 Å². The zero-order chi connectivity index (χ0) is 15.6. The lowest BCUT2D eigenvalue weighted by Gasteiger charge is -2.14. The molecule has 21 heavy (non-hydrogen) atoms. The number of nitrogens with one attached hydrogen (secondary N) is 1. The van der Waals surface area contributed by atoms with Gasteiger partial charge in [-0.1, -0.05) is 30.0 Å². The normalized spacial score (nSPS) is 12.4. The van der Waals surface area contributed by atoms with Crippen molar-refractivity contribution in [2.45, 2.75) is 25.0 Å². The summed E-state index contributed by atoms with van der Waals surface area (Å²) < 4.78 is 1.43. The van der Waals surface area contributed by atoms with Gasteiger partial charge in [0.2, 0.25) is 0 Å². The van der Waals surface area contributed by atoms with Crippen molar-refractivity contribution in [1.29, 1.82) is 0 Å². The summed E-state index contributed by atoms with van der Waals surface area (Å²) >= 11 is 1.34. The Labute approximate surface area is 126 Å². The summed E-state index contributed by atoms with van der Waals surface area (Å²) in [5, 5.41) is 2.86. The number of hydrogen-bond acceptors (Lipinski definition) is 5. The van der Waals surface area contributed by atoms with Crippen LogP contribution in [-0.4, -0.2) is 20.5 Å². The van der Waals surface area contributed by atoms with Crippen molar-refractivity contribution in [2.24, 2.45) is 12.8 Å². The maximum atomic E-state index is 11.3. The van der Waals surface area contributed by atoms with Crippen LogP contribution in [0.1, 0.15) is 22.7 Å². The summed E-state index contributed by atoms with van der Waals surface area (Å²) in [4.78, 5) is 26.2. The number of aromatic nitrogens is 3. The highest BCUT2D eigenvalue weighted by Crippen LogP contribution is 2.22. The fourth-order valence-electron chi connectivity index (χ4n) is 1.85. The summed E-state index contributed by atoms with van der Waals surface area (Å²) in [5.74, 6) is 0.564. The van der Waals surface area contributed by atoms with Crippen molar-refractivity contribution < 1.29 is 0 Å². The van der Waals surface area contributed by atoms with Gasteiger partial charge in [0.1, 0.15) is 0 Å². The molecule has 3 N–H and O–H groups in total. The Morgan fingerprint density at radius 1 is 1.33 bits per heavy atom. The number of thioether (sulfide) groups is 1. The van der Waals surface area contributed by atoms with Gasteiger partial charge in [-0.05, 0) is 30.5 Å². The first-order valence-corrected chi connectivity index (χ1v) is 7.50. The molecule has 2 aromatic rings. The Hall–Kier alpha value is -1.86. The van der Waals surface area contributed by atoms with Crippen molar-refractivity contribution in [3.63, 3.8) is 0 Å². The first kappa shape index (κ1) is 15.5. The second-order valence-electron chi connectivity index (χ2n) is 4.96. The topological polar surface area (TPSA) is 93.8 Å². The minimum Gasteiger partial charge on any atom is -0.323 e. The van der Waals surface area contributed by atoms with E-state index >= 15 is 0 Å². The quantitative estimate of drug-likeness (QED) is 0.646. The maximum Gasteiger partial charge on any atom is 0.339 e. The molecule has 6 nitrogen and oxygen atoms in total. The molecule has 0 aliphatic rings. The van der Waals surface area contributed by atoms with Crippen LogP contribution in [0.4, 0.5) is 0 Å². The molecule has 0 bridgehead atoms. The smallest absolute Gasteiger partial charge is 0.323 e. The highest BCUT2D eigenvalue weighted by Gasteiger charge is 2.11. The average molecular weight is 306 g/mol. The van der Waals surface area contributed by atoms with E-state index in [2.05, 4.69) is 23.1 Å². The van der Waals surface area contributed by atoms with E-state index < -0.39 is 11.1 Å². The van der Waals surface area contributed by atoms with Crippen molar-refractivity contribution in [3.05, 3.63) is 55.6 Å². The molecule has 1 heterocycles. The van der Waals surface area contributed by atoms with Crippen LogP contribution in [0.3, 0.4) is 0 Å². The number of nitrogens with zero attached hydrogens (tertiary/aromatic N) is 2. The Balaban J connectivity index is 2.12. The Bertz CT molecular complexity index is 766. The predicted octanol–water partition coefficient (Wildman–Crippen LogP) is 0.878. The molecule has 0 spiro atoms. The van der Waals surface area contributed by atoms with Crippen LogP contribution in [0.25, 0.3) is 0 Å². The van der Waals surface area contributed by atoms with E-state index in [-0.39, 0.29) is 6.04 Å². The van der Waals surface area contributed by atoms with E-state index in [1.165, 1.54) is 27.6 Å². The van der Waals surface area contributed by atoms with E-state index in [4.69, 9.17) is 5.73 Å². The molecule has 0 amide bonds. The molecule has 0 aliphatic heterocycles. The first-order valence-electron chi connectivity index (χ1n) is 6.51. The van der Waals surface area contributed by atoms with Gasteiger partial charge in [0.05, 0.1) is 0 Å². The molecule has 1 aromatic heterocycles. The lowest BCUT2D eigenvalue weighted by molar-refractivity contribution is 0.595. The summed E-state index contributed by atoms with van der Waals surface area (Å²) in [6.07, 6.45) is 0. The molecule has 112 valence electrons. The second-order valence-corrected chi connectivity index (χ2v) is 5.95. The number of hydrogen-bond donors (Lipinski definition) is 2. The van der Waals surface area contributed by atoms with Crippen LogP contribution in [0.15, 0.2) is 32.9 Å². The van der Waals surface area contributed by atoms with Gasteiger partial charge < -0.3 is 5.73 Å². The zero-order valence-electron chi connectivity index (χ0n) is 12.2. The molecule has 1 aromatic carbocycles. The van der Waals surface area contributed by atoms with Gasteiger partial charge in [-0.15, -0.1) is 0 Å². The molecule has 0 saturated heterocycles. The number of aromatic amines is 1. The van der Waals surface area contributed by atoms with Gasteiger partial charge in [-0.25, -0.2) is 0 Å². The molecule has 1 atom stereocenters. The van der Waals surface area contributed by atoms with Gasteiger partial charge in [-0.2, -0.15) is 4.98 Å². The minimum atomic E-state index is -0.782. The van der Waals surface area contributed by atoms with Crippen LogP contribution in [0.2, 0.25) is 0 Å². The third-order valence-corrected chi connectivity index (χ3v) is 4.45. The zero-order valence-corrected chi connectivity index (χ0v) is 13.0. The predicted molar refractivity (Wildman–Crippen MR) is 83.7 cm³/mol. The maximum absolute atomic E-state index is 11.3. The Morgan fingerprint density at radius 2 is 2.05 bits per heavy atom.